The molecule has 0 aromatic heterocycles. The molecule has 0 radical (unpaired) electrons. The molecule has 6 heteroatoms. The lowest BCUT2D eigenvalue weighted by Crippen LogP contribution is -2.15. The van der Waals surface area contributed by atoms with Gasteiger partial charge in [-0.05, 0) is 0 Å². The third kappa shape index (κ3) is 5.33. The van der Waals surface area contributed by atoms with E-state index >= 15 is 0 Å². The van der Waals surface area contributed by atoms with Crippen LogP contribution in [-0.4, -0.2) is 49.7 Å². The third-order valence-electron chi connectivity index (χ3n) is 0.966. The lowest BCUT2D eigenvalue weighted by molar-refractivity contribution is -0.463. The molecule has 0 saturated carbocycles. The van der Waals surface area contributed by atoms with Gasteiger partial charge in [-0.2, -0.15) is 0 Å². The highest BCUT2D eigenvalue weighted by Gasteiger charge is 2.02. The molecule has 0 aliphatic rings. The van der Waals surface area contributed by atoms with Crippen LogP contribution in [0.15, 0.2) is 9.98 Å². The molecular weight excluding hydrogens is 160 g/mol. The van der Waals surface area contributed by atoms with Gasteiger partial charge in [0.15, 0.2) is 5.84 Å². The number of amidine groups is 1. The van der Waals surface area contributed by atoms with Crippen LogP contribution in [0.25, 0.3) is 0 Å². The van der Waals surface area contributed by atoms with E-state index in [0.717, 1.165) is 0 Å². The van der Waals surface area contributed by atoms with Gasteiger partial charge < -0.3 is 4.90 Å². The van der Waals surface area contributed by atoms with Gasteiger partial charge in [-0.15, -0.1) is 0 Å². The van der Waals surface area contributed by atoms with E-state index in [0.29, 0.717) is 0 Å². The Kier molecular flexibility index (Phi) is 4.59. The van der Waals surface area contributed by atoms with E-state index < -0.39 is 4.92 Å². The van der Waals surface area contributed by atoms with Crippen molar-refractivity contribution in [3.8, 4) is 0 Å². The zero-order chi connectivity index (χ0) is 9.56. The van der Waals surface area contributed by atoms with Crippen molar-refractivity contribution in [1.82, 2.24) is 4.90 Å². The van der Waals surface area contributed by atoms with Crippen molar-refractivity contribution in [1.29, 1.82) is 0 Å². The predicted molar refractivity (Wildman–Crippen MR) is 47.4 cm³/mol. The summed E-state index contributed by atoms with van der Waals surface area (Å²) in [6.07, 6.45) is 1.48. The minimum atomic E-state index is -0.463. The zero-order valence-corrected chi connectivity index (χ0v) is 7.39. The standard InChI is InChI=1S/C6H12N4O2/c1-7-6(4-10(11)12)8-5-9(2)3/h5H,4H2,1-3H3. The molecule has 0 saturated heterocycles. The first-order valence-electron chi connectivity index (χ1n) is 3.34. The van der Waals surface area contributed by atoms with Crippen molar-refractivity contribution in [2.45, 2.75) is 0 Å². The van der Waals surface area contributed by atoms with Crippen molar-refractivity contribution >= 4 is 12.2 Å². The van der Waals surface area contributed by atoms with Crippen LogP contribution in [-0.2, 0) is 0 Å². The Labute approximate surface area is 70.8 Å². The highest BCUT2D eigenvalue weighted by atomic mass is 16.6. The summed E-state index contributed by atoms with van der Waals surface area (Å²) in [5.41, 5.74) is 0. The van der Waals surface area contributed by atoms with E-state index in [-0.39, 0.29) is 12.4 Å². The summed E-state index contributed by atoms with van der Waals surface area (Å²) in [5.74, 6) is 0.216. The molecule has 68 valence electrons. The van der Waals surface area contributed by atoms with Gasteiger partial charge in [-0.1, -0.05) is 0 Å². The predicted octanol–water partition coefficient (Wildman–Crippen LogP) is -0.119. The number of aliphatic imine (C=N–C) groups is 2. The van der Waals surface area contributed by atoms with Crippen molar-refractivity contribution in [3.05, 3.63) is 10.1 Å². The van der Waals surface area contributed by atoms with Gasteiger partial charge in [0.25, 0.3) is 6.54 Å². The van der Waals surface area contributed by atoms with E-state index in [1.807, 2.05) is 0 Å². The highest BCUT2D eigenvalue weighted by molar-refractivity contribution is 5.89. The van der Waals surface area contributed by atoms with E-state index in [1.54, 1.807) is 19.0 Å². The molecule has 0 spiro atoms. The maximum absolute atomic E-state index is 10.1. The maximum atomic E-state index is 10.1. The largest absolute Gasteiger partial charge is 0.369 e. The molecule has 0 aliphatic heterocycles. The van der Waals surface area contributed by atoms with Gasteiger partial charge in [-0.3, -0.25) is 15.1 Å². The van der Waals surface area contributed by atoms with E-state index in [1.165, 1.54) is 13.4 Å². The zero-order valence-electron chi connectivity index (χ0n) is 7.39. The Balaban J connectivity index is 4.11. The van der Waals surface area contributed by atoms with Crippen molar-refractivity contribution in [2.24, 2.45) is 9.98 Å². The Morgan fingerprint density at radius 1 is 1.67 bits per heavy atom. The second kappa shape index (κ2) is 5.22. The van der Waals surface area contributed by atoms with Crippen LogP contribution in [0.3, 0.4) is 0 Å². The first-order chi connectivity index (χ1) is 5.56. The average Bonchev–Trinajstić information content (AvgIpc) is 1.97. The summed E-state index contributed by atoms with van der Waals surface area (Å²) in [6, 6.07) is 0. The Hall–Kier alpha value is -1.46. The smallest absolute Gasteiger partial charge is 0.262 e. The number of hydrogen-bond acceptors (Lipinski definition) is 3. The molecule has 0 aliphatic carbocycles. The molecule has 0 bridgehead atoms. The van der Waals surface area contributed by atoms with Gasteiger partial charge >= 0.3 is 0 Å². The molecule has 0 unspecified atom stereocenters. The summed E-state index contributed by atoms with van der Waals surface area (Å²) in [4.78, 5) is 18.7. The van der Waals surface area contributed by atoms with Gasteiger partial charge in [-0.25, -0.2) is 4.99 Å². The molecule has 0 fully saturated rings. The van der Waals surface area contributed by atoms with Crippen molar-refractivity contribution in [3.63, 3.8) is 0 Å². The lowest BCUT2D eigenvalue weighted by Gasteiger charge is -2.01. The summed E-state index contributed by atoms with van der Waals surface area (Å²) < 4.78 is 0. The second-order valence-electron chi connectivity index (χ2n) is 2.34. The molecule has 0 aromatic carbocycles. The summed E-state index contributed by atoms with van der Waals surface area (Å²) >= 11 is 0. The molecule has 0 amide bonds. The monoisotopic (exact) mass is 172 g/mol. The van der Waals surface area contributed by atoms with Crippen LogP contribution in [0.1, 0.15) is 0 Å². The summed E-state index contributed by atoms with van der Waals surface area (Å²) in [7, 11) is 5.04. The van der Waals surface area contributed by atoms with E-state index in [9.17, 15) is 10.1 Å². The number of nitrogens with zero attached hydrogens (tertiary/aromatic N) is 4. The topological polar surface area (TPSA) is 71.1 Å². The van der Waals surface area contributed by atoms with E-state index in [4.69, 9.17) is 0 Å². The Morgan fingerprint density at radius 3 is 2.58 bits per heavy atom. The molecule has 12 heavy (non-hydrogen) atoms. The lowest BCUT2D eigenvalue weighted by atomic mass is 10.6. The number of nitro groups is 1. The number of rotatable bonds is 3. The van der Waals surface area contributed by atoms with Crippen LogP contribution in [0.4, 0.5) is 0 Å². The van der Waals surface area contributed by atoms with Crippen molar-refractivity contribution in [2.75, 3.05) is 27.7 Å². The molecule has 0 heterocycles. The first kappa shape index (κ1) is 10.5. The minimum absolute atomic E-state index is 0.216. The molecule has 0 aromatic rings. The van der Waals surface area contributed by atoms with Crippen LogP contribution in [0, 0.1) is 10.1 Å². The molecule has 0 N–H and O–H groups in total. The minimum Gasteiger partial charge on any atom is -0.369 e. The molecule has 6 nitrogen and oxygen atoms in total. The maximum Gasteiger partial charge on any atom is 0.262 e. The fourth-order valence-corrected chi connectivity index (χ4v) is 0.467. The quantitative estimate of drug-likeness (QED) is 0.258. The normalized spacial score (nSPS) is 12.1. The fraction of sp³-hybridized carbons (Fsp3) is 0.667. The fourth-order valence-electron chi connectivity index (χ4n) is 0.467. The second-order valence-corrected chi connectivity index (χ2v) is 2.34. The molecule has 0 atom stereocenters. The van der Waals surface area contributed by atoms with Crippen LogP contribution < -0.4 is 0 Å². The van der Waals surface area contributed by atoms with Crippen molar-refractivity contribution < 1.29 is 4.92 Å². The highest BCUT2D eigenvalue weighted by Crippen LogP contribution is 1.81. The SMILES string of the molecule is CN=C(C[N+](=O)[O-])N=CN(C)C. The Bertz CT molecular complexity index is 210. The summed E-state index contributed by atoms with van der Waals surface area (Å²) in [5, 5.41) is 10.1. The average molecular weight is 172 g/mol. The first-order valence-corrected chi connectivity index (χ1v) is 3.34. The molecular formula is C6H12N4O2. The van der Waals surface area contributed by atoms with Crippen LogP contribution >= 0.6 is 0 Å². The third-order valence-corrected chi connectivity index (χ3v) is 0.966. The van der Waals surface area contributed by atoms with Crippen LogP contribution in [0.5, 0.6) is 0 Å². The van der Waals surface area contributed by atoms with Crippen LogP contribution in [0.2, 0.25) is 0 Å². The Morgan fingerprint density at radius 2 is 2.25 bits per heavy atom. The van der Waals surface area contributed by atoms with Gasteiger partial charge in [0.05, 0.1) is 6.34 Å². The molecule has 0 rings (SSSR count). The summed E-state index contributed by atoms with van der Waals surface area (Å²) in [6.45, 7) is -0.333. The van der Waals surface area contributed by atoms with E-state index in [2.05, 4.69) is 9.98 Å². The van der Waals surface area contributed by atoms with Gasteiger partial charge in [0, 0.05) is 26.1 Å². The van der Waals surface area contributed by atoms with Gasteiger partial charge in [0.2, 0.25) is 0 Å². The number of hydrogen-bond donors (Lipinski definition) is 0. The van der Waals surface area contributed by atoms with Gasteiger partial charge in [0.1, 0.15) is 0 Å².